The maximum Gasteiger partial charge on any atom is 0.305 e. The second-order valence-corrected chi connectivity index (χ2v) is 5.95. The van der Waals surface area contributed by atoms with E-state index in [-0.39, 0.29) is 24.4 Å². The molecule has 1 aliphatic carbocycles. The van der Waals surface area contributed by atoms with Crippen LogP contribution in [0.3, 0.4) is 0 Å². The molecule has 23 heavy (non-hydrogen) atoms. The maximum absolute atomic E-state index is 12.3. The predicted octanol–water partition coefficient (Wildman–Crippen LogP) is 0.910. The number of carbonyl (C=O) groups is 2. The van der Waals surface area contributed by atoms with E-state index in [0.717, 1.165) is 6.42 Å². The number of carbonyl (C=O) groups excluding carboxylic acids is 1. The predicted molar refractivity (Wildman–Crippen MR) is 83.0 cm³/mol. The zero-order chi connectivity index (χ0) is 16.4. The van der Waals surface area contributed by atoms with Crippen molar-refractivity contribution in [3.8, 4) is 0 Å². The van der Waals surface area contributed by atoms with Crippen LogP contribution in [0.5, 0.6) is 0 Å². The van der Waals surface area contributed by atoms with Gasteiger partial charge in [0.05, 0.1) is 29.2 Å². The summed E-state index contributed by atoms with van der Waals surface area (Å²) in [7, 11) is 0. The molecule has 1 aliphatic rings. The third-order valence-electron chi connectivity index (χ3n) is 4.25. The number of aliphatic carboxylic acids is 1. The van der Waals surface area contributed by atoms with Gasteiger partial charge >= 0.3 is 5.97 Å². The van der Waals surface area contributed by atoms with Crippen LogP contribution in [0.15, 0.2) is 35.4 Å². The van der Waals surface area contributed by atoms with Crippen LogP contribution in [0.2, 0.25) is 0 Å². The van der Waals surface area contributed by atoms with Crippen LogP contribution in [0, 0.1) is 0 Å². The number of fused-ring (bicyclic) bond motifs is 1. The molecule has 120 valence electrons. The summed E-state index contributed by atoms with van der Waals surface area (Å²) < 4.78 is 1.24. The highest BCUT2D eigenvalue weighted by Crippen LogP contribution is 2.34. The Hall–Kier alpha value is -2.70. The highest BCUT2D eigenvalue weighted by Gasteiger charge is 2.40. The number of nitrogens with one attached hydrogen (secondary N) is 1. The lowest BCUT2D eigenvalue weighted by Crippen LogP contribution is -2.55. The molecule has 7 nitrogen and oxygen atoms in total. The molecule has 1 fully saturated rings. The minimum absolute atomic E-state index is 0.0936. The Labute approximate surface area is 132 Å². The minimum Gasteiger partial charge on any atom is -0.481 e. The minimum atomic E-state index is -0.936. The first-order valence-electron chi connectivity index (χ1n) is 7.46. The first-order chi connectivity index (χ1) is 11.0. The van der Waals surface area contributed by atoms with E-state index in [9.17, 15) is 14.4 Å². The van der Waals surface area contributed by atoms with Gasteiger partial charge in [-0.3, -0.25) is 19.0 Å². The summed E-state index contributed by atoms with van der Waals surface area (Å²) in [6.07, 6.45) is 3.44. The third kappa shape index (κ3) is 3.08. The molecule has 1 amide bonds. The van der Waals surface area contributed by atoms with Crippen molar-refractivity contribution in [1.82, 2.24) is 14.9 Å². The van der Waals surface area contributed by atoms with Gasteiger partial charge in [0.25, 0.3) is 5.56 Å². The van der Waals surface area contributed by atoms with Crippen LogP contribution in [-0.4, -0.2) is 32.1 Å². The third-order valence-corrected chi connectivity index (χ3v) is 4.25. The van der Waals surface area contributed by atoms with Gasteiger partial charge in [0.2, 0.25) is 5.91 Å². The molecule has 2 aromatic rings. The Balaban J connectivity index is 1.77. The number of amides is 1. The lowest BCUT2D eigenvalue weighted by atomic mass is 9.74. The molecule has 0 spiro atoms. The zero-order valence-corrected chi connectivity index (χ0v) is 12.5. The van der Waals surface area contributed by atoms with Gasteiger partial charge in [-0.25, -0.2) is 4.98 Å². The number of rotatable bonds is 5. The van der Waals surface area contributed by atoms with Crippen molar-refractivity contribution in [1.29, 1.82) is 0 Å². The summed E-state index contributed by atoms with van der Waals surface area (Å²) in [5.41, 5.74) is -0.376. The molecule has 0 bridgehead atoms. The molecular formula is C16H17N3O4. The summed E-state index contributed by atoms with van der Waals surface area (Å²) in [5.74, 6) is -1.31. The molecule has 7 heteroatoms. The molecule has 1 aromatic heterocycles. The fourth-order valence-electron chi connectivity index (χ4n) is 2.95. The average Bonchev–Trinajstić information content (AvgIpc) is 2.47. The smallest absolute Gasteiger partial charge is 0.305 e. The first kappa shape index (κ1) is 15.2. The van der Waals surface area contributed by atoms with Crippen LogP contribution < -0.4 is 10.9 Å². The van der Waals surface area contributed by atoms with Gasteiger partial charge in [-0.1, -0.05) is 12.1 Å². The molecule has 0 aliphatic heterocycles. The highest BCUT2D eigenvalue weighted by atomic mass is 16.4. The van der Waals surface area contributed by atoms with Crippen LogP contribution in [0.25, 0.3) is 10.9 Å². The Kier molecular flexibility index (Phi) is 3.85. The largest absolute Gasteiger partial charge is 0.481 e. The summed E-state index contributed by atoms with van der Waals surface area (Å²) in [4.78, 5) is 39.6. The number of para-hydroxylation sites is 1. The highest BCUT2D eigenvalue weighted by molar-refractivity contribution is 5.80. The molecule has 1 saturated carbocycles. The quantitative estimate of drug-likeness (QED) is 0.854. The fourth-order valence-corrected chi connectivity index (χ4v) is 2.95. The average molecular weight is 315 g/mol. The molecule has 0 saturated heterocycles. The number of aromatic nitrogens is 2. The van der Waals surface area contributed by atoms with E-state index in [2.05, 4.69) is 10.3 Å². The lowest BCUT2D eigenvalue weighted by Gasteiger charge is -2.41. The normalized spacial score (nSPS) is 15.8. The first-order valence-corrected chi connectivity index (χ1v) is 7.46. The van der Waals surface area contributed by atoms with Crippen LogP contribution in [0.4, 0.5) is 0 Å². The van der Waals surface area contributed by atoms with Gasteiger partial charge in [0.1, 0.15) is 6.54 Å². The van der Waals surface area contributed by atoms with E-state index < -0.39 is 11.5 Å². The summed E-state index contributed by atoms with van der Waals surface area (Å²) in [6.45, 7) is -0.169. The van der Waals surface area contributed by atoms with E-state index in [1.54, 1.807) is 24.3 Å². The van der Waals surface area contributed by atoms with Crippen molar-refractivity contribution >= 4 is 22.8 Å². The topological polar surface area (TPSA) is 101 Å². The number of carboxylic acids is 1. The van der Waals surface area contributed by atoms with E-state index in [4.69, 9.17) is 5.11 Å². The molecule has 1 heterocycles. The molecule has 2 N–H and O–H groups in total. The van der Waals surface area contributed by atoms with Crippen molar-refractivity contribution < 1.29 is 14.7 Å². The molecule has 0 unspecified atom stereocenters. The van der Waals surface area contributed by atoms with E-state index >= 15 is 0 Å². The standard InChI is InChI=1S/C16H17N3O4/c20-13(18-16(6-3-7-16)8-14(21)22)9-19-10-17-12-5-2-1-4-11(12)15(19)23/h1-2,4-5,10H,3,6-9H2,(H,18,20)(H,21,22). The number of hydrogen-bond acceptors (Lipinski definition) is 4. The van der Waals surface area contributed by atoms with Crippen molar-refractivity contribution in [3.05, 3.63) is 40.9 Å². The van der Waals surface area contributed by atoms with Gasteiger partial charge in [0.15, 0.2) is 0 Å². The van der Waals surface area contributed by atoms with Crippen molar-refractivity contribution in [2.24, 2.45) is 0 Å². The van der Waals surface area contributed by atoms with Gasteiger partial charge in [-0.05, 0) is 31.4 Å². The second-order valence-electron chi connectivity index (χ2n) is 5.95. The zero-order valence-electron chi connectivity index (χ0n) is 12.5. The van der Waals surface area contributed by atoms with Crippen molar-refractivity contribution in [2.45, 2.75) is 37.8 Å². The Morgan fingerprint density at radius 2 is 2.04 bits per heavy atom. The molecule has 0 atom stereocenters. The van der Waals surface area contributed by atoms with E-state index in [0.29, 0.717) is 23.7 Å². The monoisotopic (exact) mass is 315 g/mol. The number of carboxylic acid groups (broad SMARTS) is 1. The number of nitrogens with zero attached hydrogens (tertiary/aromatic N) is 2. The van der Waals surface area contributed by atoms with Gasteiger partial charge < -0.3 is 10.4 Å². The Bertz CT molecular complexity index is 823. The Morgan fingerprint density at radius 3 is 2.70 bits per heavy atom. The molecule has 1 aromatic carbocycles. The molecule has 0 radical (unpaired) electrons. The SMILES string of the molecule is O=C(O)CC1(NC(=O)Cn2cnc3ccccc3c2=O)CCC1. The van der Waals surface area contributed by atoms with E-state index in [1.807, 2.05) is 0 Å². The molecule has 3 rings (SSSR count). The summed E-state index contributed by atoms with van der Waals surface area (Å²) >= 11 is 0. The Morgan fingerprint density at radius 1 is 1.30 bits per heavy atom. The maximum atomic E-state index is 12.3. The number of benzene rings is 1. The molecular weight excluding hydrogens is 298 g/mol. The van der Waals surface area contributed by atoms with Gasteiger partial charge in [0, 0.05) is 0 Å². The fraction of sp³-hybridized carbons (Fsp3) is 0.375. The second kappa shape index (κ2) is 5.83. The van der Waals surface area contributed by atoms with Crippen LogP contribution in [0.1, 0.15) is 25.7 Å². The lowest BCUT2D eigenvalue weighted by molar-refractivity contribution is -0.140. The number of hydrogen-bond donors (Lipinski definition) is 2. The van der Waals surface area contributed by atoms with Gasteiger partial charge in [-0.15, -0.1) is 0 Å². The van der Waals surface area contributed by atoms with E-state index in [1.165, 1.54) is 10.9 Å². The van der Waals surface area contributed by atoms with Crippen molar-refractivity contribution in [2.75, 3.05) is 0 Å². The van der Waals surface area contributed by atoms with Gasteiger partial charge in [-0.2, -0.15) is 0 Å². The van der Waals surface area contributed by atoms with Crippen molar-refractivity contribution in [3.63, 3.8) is 0 Å². The summed E-state index contributed by atoms with van der Waals surface area (Å²) in [6, 6.07) is 6.93. The van der Waals surface area contributed by atoms with Crippen LogP contribution in [-0.2, 0) is 16.1 Å². The van der Waals surface area contributed by atoms with Crippen LogP contribution >= 0.6 is 0 Å². The summed E-state index contributed by atoms with van der Waals surface area (Å²) in [5, 5.41) is 12.2.